The van der Waals surface area contributed by atoms with Crippen molar-refractivity contribution in [1.29, 1.82) is 0 Å². The molecule has 0 aromatic heterocycles. The van der Waals surface area contributed by atoms with Gasteiger partial charge in [0.2, 0.25) is 0 Å². The molecule has 0 aliphatic heterocycles. The maximum absolute atomic E-state index is 12.2. The zero-order chi connectivity index (χ0) is 16.4. The lowest BCUT2D eigenvalue weighted by Gasteiger charge is -2.37. The average Bonchev–Trinajstić information content (AvgIpc) is 2.53. The molecule has 0 bridgehead atoms. The summed E-state index contributed by atoms with van der Waals surface area (Å²) in [7, 11) is 0. The van der Waals surface area contributed by atoms with Crippen LogP contribution < -0.4 is 0 Å². The summed E-state index contributed by atoms with van der Waals surface area (Å²) in [4.78, 5) is 33.3. The molecule has 0 saturated carbocycles. The molecule has 1 aliphatic rings. The molecular weight excluding hydrogens is 280 g/mol. The Labute approximate surface area is 132 Å². The van der Waals surface area contributed by atoms with Crippen LogP contribution >= 0.6 is 0 Å². The Hall–Kier alpha value is -1.71. The molecule has 0 saturated heterocycles. The maximum atomic E-state index is 12.2. The van der Waals surface area contributed by atoms with E-state index in [1.807, 2.05) is 19.1 Å². The summed E-state index contributed by atoms with van der Waals surface area (Å²) in [5.41, 5.74) is 0.563. The molecule has 0 aromatic rings. The Kier molecular flexibility index (Phi) is 7.78. The summed E-state index contributed by atoms with van der Waals surface area (Å²) >= 11 is 0. The van der Waals surface area contributed by atoms with Crippen molar-refractivity contribution in [2.45, 2.75) is 51.9 Å². The number of esters is 1. The predicted octanol–water partition coefficient (Wildman–Crippen LogP) is 3.41. The van der Waals surface area contributed by atoms with Crippen molar-refractivity contribution in [2.24, 2.45) is 11.3 Å². The first-order valence-corrected chi connectivity index (χ1v) is 7.96. The molecule has 0 spiro atoms. The molecule has 0 N–H and O–H groups in total. The van der Waals surface area contributed by atoms with Crippen LogP contribution in [0, 0.1) is 11.3 Å². The molecule has 0 aromatic carbocycles. The van der Waals surface area contributed by atoms with E-state index in [0.29, 0.717) is 12.0 Å². The lowest BCUT2D eigenvalue weighted by molar-refractivity contribution is -0.140. The van der Waals surface area contributed by atoms with Crippen molar-refractivity contribution in [3.63, 3.8) is 0 Å². The van der Waals surface area contributed by atoms with Crippen molar-refractivity contribution in [2.75, 3.05) is 6.61 Å². The van der Waals surface area contributed by atoms with Gasteiger partial charge in [-0.3, -0.25) is 0 Å². The Morgan fingerprint density at radius 1 is 1.32 bits per heavy atom. The van der Waals surface area contributed by atoms with Crippen molar-refractivity contribution in [3.05, 3.63) is 24.3 Å². The molecule has 1 rings (SSSR count). The van der Waals surface area contributed by atoms with E-state index in [-0.39, 0.29) is 30.3 Å². The van der Waals surface area contributed by atoms with Gasteiger partial charge in [0.05, 0.1) is 6.61 Å². The number of carbonyl (C=O) groups is 3. The molecule has 4 nitrogen and oxygen atoms in total. The lowest BCUT2D eigenvalue weighted by atomic mass is 9.68. The summed E-state index contributed by atoms with van der Waals surface area (Å²) in [6, 6.07) is 0. The Bertz CT molecular complexity index is 424. The van der Waals surface area contributed by atoms with Crippen molar-refractivity contribution in [1.82, 2.24) is 0 Å². The van der Waals surface area contributed by atoms with Crippen LogP contribution in [-0.2, 0) is 19.1 Å². The quantitative estimate of drug-likeness (QED) is 0.268. The second-order valence-electron chi connectivity index (χ2n) is 6.03. The summed E-state index contributed by atoms with van der Waals surface area (Å²) in [5, 5.41) is 0. The highest BCUT2D eigenvalue weighted by Gasteiger charge is 2.35. The van der Waals surface area contributed by atoms with Gasteiger partial charge in [-0.1, -0.05) is 19.1 Å². The van der Waals surface area contributed by atoms with Gasteiger partial charge in [0.15, 0.2) is 0 Å². The SMILES string of the molecule is C=CCC[C@@]1(CCC=O)C=C(C(=O)OCCC=O)[C@H](C)CC1. The smallest absolute Gasteiger partial charge is 0.333 e. The van der Waals surface area contributed by atoms with Gasteiger partial charge in [-0.25, -0.2) is 4.79 Å². The normalized spacial score (nSPS) is 24.2. The molecule has 0 unspecified atom stereocenters. The Morgan fingerprint density at radius 2 is 2.00 bits per heavy atom. The summed E-state index contributed by atoms with van der Waals surface area (Å²) in [6.45, 7) is 5.90. The topological polar surface area (TPSA) is 60.4 Å². The summed E-state index contributed by atoms with van der Waals surface area (Å²) < 4.78 is 5.17. The van der Waals surface area contributed by atoms with Crippen LogP contribution in [0.3, 0.4) is 0 Å². The minimum Gasteiger partial charge on any atom is -0.462 e. The highest BCUT2D eigenvalue weighted by molar-refractivity contribution is 5.89. The van der Waals surface area contributed by atoms with Crippen LogP contribution in [0.5, 0.6) is 0 Å². The number of aldehydes is 2. The van der Waals surface area contributed by atoms with Crippen molar-refractivity contribution >= 4 is 18.5 Å². The van der Waals surface area contributed by atoms with E-state index in [9.17, 15) is 14.4 Å². The van der Waals surface area contributed by atoms with Gasteiger partial charge in [0.1, 0.15) is 12.6 Å². The van der Waals surface area contributed by atoms with E-state index in [2.05, 4.69) is 6.58 Å². The molecule has 0 fully saturated rings. The predicted molar refractivity (Wildman–Crippen MR) is 85.3 cm³/mol. The molecule has 0 heterocycles. The van der Waals surface area contributed by atoms with Crippen LogP contribution in [0.4, 0.5) is 0 Å². The third-order valence-corrected chi connectivity index (χ3v) is 4.38. The van der Waals surface area contributed by atoms with Crippen LogP contribution in [-0.4, -0.2) is 25.1 Å². The Morgan fingerprint density at radius 3 is 2.64 bits per heavy atom. The summed E-state index contributed by atoms with van der Waals surface area (Å²) in [6.07, 6.45) is 10.7. The second-order valence-corrected chi connectivity index (χ2v) is 6.03. The van der Waals surface area contributed by atoms with Crippen LogP contribution in [0.15, 0.2) is 24.3 Å². The molecule has 1 aliphatic carbocycles. The fourth-order valence-electron chi connectivity index (χ4n) is 3.00. The van der Waals surface area contributed by atoms with Gasteiger partial charge in [0.25, 0.3) is 0 Å². The molecule has 4 heteroatoms. The fourth-order valence-corrected chi connectivity index (χ4v) is 3.00. The highest BCUT2D eigenvalue weighted by Crippen LogP contribution is 2.44. The van der Waals surface area contributed by atoms with Gasteiger partial charge in [-0.15, -0.1) is 6.58 Å². The third kappa shape index (κ3) is 5.24. The molecule has 22 heavy (non-hydrogen) atoms. The van der Waals surface area contributed by atoms with E-state index in [4.69, 9.17) is 4.74 Å². The highest BCUT2D eigenvalue weighted by atomic mass is 16.5. The molecule has 0 amide bonds. The monoisotopic (exact) mass is 306 g/mol. The van der Waals surface area contributed by atoms with E-state index >= 15 is 0 Å². The standard InChI is InChI=1S/C18H26O4/c1-3-4-8-18(9-5-11-19)10-7-15(2)16(14-18)17(21)22-13-6-12-20/h3,11-12,14-15H,1,4-10,13H2,2H3/t15-,18+/m1/s1. The molecule has 122 valence electrons. The van der Waals surface area contributed by atoms with E-state index in [1.165, 1.54) is 0 Å². The van der Waals surface area contributed by atoms with Crippen LogP contribution in [0.1, 0.15) is 51.9 Å². The number of hydrogen-bond acceptors (Lipinski definition) is 4. The van der Waals surface area contributed by atoms with E-state index < -0.39 is 0 Å². The molecule has 0 radical (unpaired) electrons. The number of hydrogen-bond donors (Lipinski definition) is 0. The minimum absolute atomic E-state index is 0.124. The lowest BCUT2D eigenvalue weighted by Crippen LogP contribution is -2.28. The maximum Gasteiger partial charge on any atom is 0.333 e. The number of ether oxygens (including phenoxy) is 1. The molecule has 2 atom stereocenters. The van der Waals surface area contributed by atoms with Gasteiger partial charge in [-0.05, 0) is 43.4 Å². The van der Waals surface area contributed by atoms with Gasteiger partial charge >= 0.3 is 5.97 Å². The number of carbonyl (C=O) groups excluding carboxylic acids is 3. The minimum atomic E-state index is -0.330. The largest absolute Gasteiger partial charge is 0.462 e. The van der Waals surface area contributed by atoms with E-state index in [1.54, 1.807) is 0 Å². The van der Waals surface area contributed by atoms with Gasteiger partial charge < -0.3 is 14.3 Å². The van der Waals surface area contributed by atoms with Gasteiger partial charge in [-0.2, -0.15) is 0 Å². The van der Waals surface area contributed by atoms with Crippen LogP contribution in [0.2, 0.25) is 0 Å². The van der Waals surface area contributed by atoms with Crippen molar-refractivity contribution in [3.8, 4) is 0 Å². The first-order valence-electron chi connectivity index (χ1n) is 7.96. The second kappa shape index (κ2) is 9.34. The summed E-state index contributed by atoms with van der Waals surface area (Å²) in [5.74, 6) is -0.181. The van der Waals surface area contributed by atoms with Crippen molar-refractivity contribution < 1.29 is 19.1 Å². The zero-order valence-electron chi connectivity index (χ0n) is 13.4. The number of rotatable bonds is 10. The van der Waals surface area contributed by atoms with Crippen LogP contribution in [0.25, 0.3) is 0 Å². The zero-order valence-corrected chi connectivity index (χ0v) is 13.4. The molecular formula is C18H26O4. The first-order chi connectivity index (χ1) is 10.6. The average molecular weight is 306 g/mol. The van der Waals surface area contributed by atoms with Gasteiger partial charge in [0, 0.05) is 18.4 Å². The Balaban J connectivity index is 2.91. The van der Waals surface area contributed by atoms with E-state index in [0.717, 1.165) is 44.7 Å². The first kappa shape index (κ1) is 18.3. The third-order valence-electron chi connectivity index (χ3n) is 4.38. The number of allylic oxidation sites excluding steroid dienone is 2. The fraction of sp³-hybridized carbons (Fsp3) is 0.611.